The average Bonchev–Trinajstić information content (AvgIpc) is 1.13. The molecule has 0 bridgehead atoms. The fraction of sp³-hybridized carbons (Fsp3) is 0.948. The van der Waals surface area contributed by atoms with Gasteiger partial charge in [-0.05, 0) is 37.5 Å². The molecule has 0 amide bonds. The van der Waals surface area contributed by atoms with E-state index in [0.717, 1.165) is 102 Å². The predicted molar refractivity (Wildman–Crippen MR) is 391 cm³/mol. The van der Waals surface area contributed by atoms with Crippen molar-refractivity contribution in [2.45, 2.75) is 419 Å². The number of unbranched alkanes of at least 4 members (excludes halogenated alkanes) is 46. The standard InChI is InChI=1S/C77H150O17P2/c1-7-9-11-13-15-17-19-21-27-31-35-41-47-53-59-74(79)87-65-72(93-76(81)62-56-50-43-37-33-29-25-23-24-26-30-34-39-45-51-57-69(3)4)67-91-95(83,84)89-63-71(78)64-90-96(85,86)92-68-73(66-88-75(80)60-54-48-44-38-40-46-52-58-70(5)6)94-77(82)61-55-49-42-36-32-28-22-20-18-16-14-12-10-8-2/h69-73,78H,7-68H2,1-6H3,(H,83,84)(H,85,86)/t71-,72-,73-/m1/s1. The zero-order valence-electron chi connectivity index (χ0n) is 62.7. The van der Waals surface area contributed by atoms with E-state index in [1.807, 2.05) is 0 Å². The van der Waals surface area contributed by atoms with Crippen LogP contribution in [0.3, 0.4) is 0 Å². The van der Waals surface area contributed by atoms with Crippen LogP contribution in [0, 0.1) is 11.8 Å². The fourth-order valence-electron chi connectivity index (χ4n) is 11.8. The quantitative estimate of drug-likeness (QED) is 0.0222. The molecule has 2 unspecified atom stereocenters. The Kier molecular flexibility index (Phi) is 67.4. The van der Waals surface area contributed by atoms with Crippen LogP contribution in [-0.2, 0) is 65.4 Å². The molecule has 0 aliphatic carbocycles. The molecule has 19 heteroatoms. The first kappa shape index (κ1) is 94.1. The molecule has 0 saturated carbocycles. The summed E-state index contributed by atoms with van der Waals surface area (Å²) in [5.41, 5.74) is 0. The van der Waals surface area contributed by atoms with Gasteiger partial charge in [-0.1, -0.05) is 350 Å². The molecule has 0 rings (SSSR count). The number of ether oxygens (including phenoxy) is 4. The van der Waals surface area contributed by atoms with Gasteiger partial charge in [0.2, 0.25) is 0 Å². The van der Waals surface area contributed by atoms with Crippen LogP contribution in [0.1, 0.15) is 401 Å². The van der Waals surface area contributed by atoms with Crippen molar-refractivity contribution in [1.82, 2.24) is 0 Å². The molecule has 0 spiro atoms. The van der Waals surface area contributed by atoms with E-state index in [-0.39, 0.29) is 25.7 Å². The smallest absolute Gasteiger partial charge is 0.462 e. The lowest BCUT2D eigenvalue weighted by Crippen LogP contribution is -2.30. The molecule has 0 fully saturated rings. The third-order valence-electron chi connectivity index (χ3n) is 18.0. The first-order chi connectivity index (χ1) is 46.4. The number of carbonyl (C=O) groups excluding carboxylic acids is 4. The second-order valence-electron chi connectivity index (χ2n) is 28.7. The molecular weight excluding hydrogens is 1260 g/mol. The Morgan fingerprint density at radius 1 is 0.281 bits per heavy atom. The highest BCUT2D eigenvalue weighted by Crippen LogP contribution is 2.45. The first-order valence-corrected chi connectivity index (χ1v) is 43.0. The first-order valence-electron chi connectivity index (χ1n) is 40.0. The van der Waals surface area contributed by atoms with E-state index in [1.54, 1.807) is 0 Å². The van der Waals surface area contributed by atoms with Gasteiger partial charge in [0.25, 0.3) is 0 Å². The van der Waals surface area contributed by atoms with Crippen LogP contribution in [0.2, 0.25) is 0 Å². The highest BCUT2D eigenvalue weighted by atomic mass is 31.2. The van der Waals surface area contributed by atoms with E-state index < -0.39 is 97.5 Å². The predicted octanol–water partition coefficient (Wildman–Crippen LogP) is 22.7. The highest BCUT2D eigenvalue weighted by Gasteiger charge is 2.30. The molecule has 570 valence electrons. The van der Waals surface area contributed by atoms with Crippen LogP contribution < -0.4 is 0 Å². The van der Waals surface area contributed by atoms with Gasteiger partial charge in [-0.25, -0.2) is 9.13 Å². The van der Waals surface area contributed by atoms with Gasteiger partial charge in [-0.3, -0.25) is 37.3 Å². The van der Waals surface area contributed by atoms with Crippen molar-refractivity contribution in [2.75, 3.05) is 39.6 Å². The van der Waals surface area contributed by atoms with Crippen LogP contribution in [0.15, 0.2) is 0 Å². The van der Waals surface area contributed by atoms with Crippen molar-refractivity contribution in [3.05, 3.63) is 0 Å². The third kappa shape index (κ3) is 70.5. The molecule has 5 atom stereocenters. The molecule has 0 aliphatic rings. The minimum atomic E-state index is -4.96. The lowest BCUT2D eigenvalue weighted by Gasteiger charge is -2.21. The van der Waals surface area contributed by atoms with Crippen LogP contribution in [-0.4, -0.2) is 96.7 Å². The maximum absolute atomic E-state index is 13.1. The zero-order chi connectivity index (χ0) is 70.7. The molecule has 0 aliphatic heterocycles. The summed E-state index contributed by atoms with van der Waals surface area (Å²) in [7, 11) is -9.91. The Balaban J connectivity index is 5.24. The van der Waals surface area contributed by atoms with Gasteiger partial charge in [0, 0.05) is 25.7 Å². The lowest BCUT2D eigenvalue weighted by atomic mass is 10.0. The Labute approximate surface area is 588 Å². The third-order valence-corrected chi connectivity index (χ3v) is 19.9. The summed E-state index contributed by atoms with van der Waals surface area (Å²) in [4.78, 5) is 72.9. The van der Waals surface area contributed by atoms with Gasteiger partial charge >= 0.3 is 39.5 Å². The van der Waals surface area contributed by atoms with Gasteiger partial charge in [-0.15, -0.1) is 0 Å². The van der Waals surface area contributed by atoms with E-state index in [1.165, 1.54) is 212 Å². The van der Waals surface area contributed by atoms with Crippen LogP contribution in [0.25, 0.3) is 0 Å². The van der Waals surface area contributed by atoms with Crippen molar-refractivity contribution in [3.8, 4) is 0 Å². The molecule has 0 aromatic carbocycles. The summed E-state index contributed by atoms with van der Waals surface area (Å²) in [6, 6.07) is 0. The topological polar surface area (TPSA) is 237 Å². The molecule has 96 heavy (non-hydrogen) atoms. The number of carbonyl (C=O) groups is 4. The number of hydrogen-bond acceptors (Lipinski definition) is 15. The van der Waals surface area contributed by atoms with Gasteiger partial charge in [0.05, 0.1) is 26.4 Å². The average molecular weight is 1410 g/mol. The van der Waals surface area contributed by atoms with Gasteiger partial charge in [0.15, 0.2) is 12.2 Å². The second-order valence-corrected chi connectivity index (χ2v) is 31.6. The summed E-state index contributed by atoms with van der Waals surface area (Å²) in [5, 5.41) is 10.6. The van der Waals surface area contributed by atoms with Crippen LogP contribution >= 0.6 is 15.6 Å². The van der Waals surface area contributed by atoms with E-state index in [9.17, 15) is 43.2 Å². The molecule has 0 aromatic heterocycles. The molecule has 17 nitrogen and oxygen atoms in total. The molecule has 0 heterocycles. The summed E-state index contributed by atoms with van der Waals surface area (Å²) in [6.45, 7) is 9.58. The van der Waals surface area contributed by atoms with Gasteiger partial charge in [-0.2, -0.15) is 0 Å². The normalized spacial score (nSPS) is 14.0. The molecule has 0 aromatic rings. The van der Waals surface area contributed by atoms with Crippen LogP contribution in [0.4, 0.5) is 0 Å². The summed E-state index contributed by atoms with van der Waals surface area (Å²) in [6.07, 6.45) is 56.8. The fourth-order valence-corrected chi connectivity index (χ4v) is 13.4. The number of phosphoric ester groups is 2. The van der Waals surface area contributed by atoms with Gasteiger partial charge < -0.3 is 33.8 Å². The van der Waals surface area contributed by atoms with E-state index in [4.69, 9.17) is 37.0 Å². The minimum Gasteiger partial charge on any atom is -0.462 e. The van der Waals surface area contributed by atoms with E-state index in [2.05, 4.69) is 41.5 Å². The molecular formula is C77H150O17P2. The van der Waals surface area contributed by atoms with Crippen molar-refractivity contribution in [3.63, 3.8) is 0 Å². The SMILES string of the molecule is CCCCCCCCCCCCCCCCC(=O)OC[C@H](COP(=O)(O)OC[C@@H](O)COP(=O)(O)OC[C@@H](COC(=O)CCCCCCCCCC(C)C)OC(=O)CCCCCCCCCCCCCCCC)OC(=O)CCCCCCCCCCCCCCCCCC(C)C. The number of esters is 4. The summed E-state index contributed by atoms with van der Waals surface area (Å²) >= 11 is 0. The summed E-state index contributed by atoms with van der Waals surface area (Å²) < 4.78 is 68.6. The number of rotatable bonds is 76. The summed E-state index contributed by atoms with van der Waals surface area (Å²) in [5.74, 6) is -0.605. The van der Waals surface area contributed by atoms with Crippen molar-refractivity contribution >= 4 is 39.5 Å². The Hall–Kier alpha value is -1.94. The van der Waals surface area contributed by atoms with Crippen molar-refractivity contribution in [1.29, 1.82) is 0 Å². The van der Waals surface area contributed by atoms with E-state index in [0.29, 0.717) is 31.6 Å². The van der Waals surface area contributed by atoms with Crippen molar-refractivity contribution in [2.24, 2.45) is 11.8 Å². The number of aliphatic hydroxyl groups is 1. The minimum absolute atomic E-state index is 0.107. The molecule has 0 saturated heterocycles. The maximum atomic E-state index is 13.1. The largest absolute Gasteiger partial charge is 0.472 e. The lowest BCUT2D eigenvalue weighted by molar-refractivity contribution is -0.161. The monoisotopic (exact) mass is 1410 g/mol. The highest BCUT2D eigenvalue weighted by molar-refractivity contribution is 7.47. The Morgan fingerprint density at radius 2 is 0.479 bits per heavy atom. The second kappa shape index (κ2) is 68.8. The van der Waals surface area contributed by atoms with Crippen LogP contribution in [0.5, 0.6) is 0 Å². The number of hydrogen-bond donors (Lipinski definition) is 3. The molecule has 0 radical (unpaired) electrons. The van der Waals surface area contributed by atoms with E-state index >= 15 is 0 Å². The van der Waals surface area contributed by atoms with Gasteiger partial charge in [0.1, 0.15) is 19.3 Å². The number of aliphatic hydroxyl groups excluding tert-OH is 1. The maximum Gasteiger partial charge on any atom is 0.472 e. The Bertz CT molecular complexity index is 1860. The Morgan fingerprint density at radius 3 is 0.708 bits per heavy atom. The zero-order valence-corrected chi connectivity index (χ0v) is 64.5. The van der Waals surface area contributed by atoms with Crippen molar-refractivity contribution < 1.29 is 80.2 Å². The number of phosphoric acid groups is 2. The molecule has 3 N–H and O–H groups in total.